The van der Waals surface area contributed by atoms with E-state index < -0.39 is 0 Å². The number of hydrogen-bond donors (Lipinski definition) is 2. The maximum Gasteiger partial charge on any atom is 0.123 e. The van der Waals surface area contributed by atoms with E-state index in [2.05, 4.69) is 10.2 Å². The largest absolute Gasteiger partial charge is 0.468 e. The molecule has 0 aliphatic carbocycles. The van der Waals surface area contributed by atoms with Crippen LogP contribution < -0.4 is 5.32 Å². The van der Waals surface area contributed by atoms with Crippen molar-refractivity contribution in [2.45, 2.75) is 31.5 Å². The average Bonchev–Trinajstić information content (AvgIpc) is 3.08. The third-order valence-electron chi connectivity index (χ3n) is 4.44. The van der Waals surface area contributed by atoms with Crippen LogP contribution in [0, 0.1) is 5.82 Å². The summed E-state index contributed by atoms with van der Waals surface area (Å²) in [6.45, 7) is 2.86. The Kier molecular flexibility index (Phi) is 5.43. The van der Waals surface area contributed by atoms with Crippen LogP contribution in [0.25, 0.3) is 0 Å². The van der Waals surface area contributed by atoms with Crippen LogP contribution in [-0.2, 0) is 6.54 Å². The molecule has 4 nitrogen and oxygen atoms in total. The number of aliphatic hydroxyl groups excluding tert-OH is 1. The van der Waals surface area contributed by atoms with E-state index in [4.69, 9.17) is 4.42 Å². The topological polar surface area (TPSA) is 48.6 Å². The fourth-order valence-electron chi connectivity index (χ4n) is 3.11. The van der Waals surface area contributed by atoms with E-state index in [9.17, 15) is 9.50 Å². The number of hydrogen-bond acceptors (Lipinski definition) is 4. The van der Waals surface area contributed by atoms with Gasteiger partial charge in [-0.25, -0.2) is 4.39 Å². The molecule has 1 fully saturated rings. The number of aliphatic hydroxyl groups is 1. The predicted octanol–water partition coefficient (Wildman–Crippen LogP) is 2.71. The SMILES string of the molecule is OC[C@H](NC1CCN(Cc2ccco2)CC1)c1ccc(F)cc1. The Labute approximate surface area is 135 Å². The standard InChI is InChI=1S/C18H23FN2O2/c19-15-5-3-14(4-6-15)18(13-22)20-16-7-9-21(10-8-16)12-17-2-1-11-23-17/h1-6,11,16,18,20,22H,7-10,12-13H2/t18-/m0/s1. The second-order valence-electron chi connectivity index (χ2n) is 6.08. The zero-order valence-electron chi connectivity index (χ0n) is 13.1. The van der Waals surface area contributed by atoms with E-state index in [-0.39, 0.29) is 18.5 Å². The quantitative estimate of drug-likeness (QED) is 0.860. The minimum absolute atomic E-state index is 0.0121. The lowest BCUT2D eigenvalue weighted by molar-refractivity contribution is 0.159. The molecular weight excluding hydrogens is 295 g/mol. The van der Waals surface area contributed by atoms with Crippen LogP contribution >= 0.6 is 0 Å². The van der Waals surface area contributed by atoms with E-state index in [1.165, 1.54) is 12.1 Å². The van der Waals surface area contributed by atoms with Crippen molar-refractivity contribution in [1.29, 1.82) is 0 Å². The summed E-state index contributed by atoms with van der Waals surface area (Å²) >= 11 is 0. The number of benzene rings is 1. The summed E-state index contributed by atoms with van der Waals surface area (Å²) in [5.41, 5.74) is 0.923. The normalized spacial score (nSPS) is 18.2. The van der Waals surface area contributed by atoms with Crippen molar-refractivity contribution in [2.24, 2.45) is 0 Å². The first kappa shape index (κ1) is 16.2. The van der Waals surface area contributed by atoms with Crippen molar-refractivity contribution in [2.75, 3.05) is 19.7 Å². The Bertz CT molecular complexity index is 578. The molecule has 0 spiro atoms. The van der Waals surface area contributed by atoms with Gasteiger partial charge in [0.05, 0.1) is 25.5 Å². The summed E-state index contributed by atoms with van der Waals surface area (Å²) in [5.74, 6) is 0.743. The van der Waals surface area contributed by atoms with Crippen LogP contribution in [-0.4, -0.2) is 35.7 Å². The Hall–Kier alpha value is -1.69. The smallest absolute Gasteiger partial charge is 0.123 e. The van der Waals surface area contributed by atoms with Crippen LogP contribution in [0.2, 0.25) is 0 Å². The van der Waals surface area contributed by atoms with Gasteiger partial charge in [0.15, 0.2) is 0 Å². The van der Waals surface area contributed by atoms with Crippen LogP contribution in [0.5, 0.6) is 0 Å². The highest BCUT2D eigenvalue weighted by Crippen LogP contribution is 2.19. The molecule has 1 aliphatic rings. The lowest BCUT2D eigenvalue weighted by atomic mass is 10.0. The molecule has 1 atom stereocenters. The first-order valence-electron chi connectivity index (χ1n) is 8.11. The molecule has 0 saturated carbocycles. The molecule has 1 aromatic carbocycles. The molecular formula is C18H23FN2O2. The van der Waals surface area contributed by atoms with Crippen LogP contribution in [0.15, 0.2) is 47.1 Å². The van der Waals surface area contributed by atoms with Crippen molar-refractivity contribution in [3.63, 3.8) is 0 Å². The number of nitrogens with one attached hydrogen (secondary N) is 1. The molecule has 1 aromatic heterocycles. The molecule has 5 heteroatoms. The van der Waals surface area contributed by atoms with Gasteiger partial charge in [0.2, 0.25) is 0 Å². The fourth-order valence-corrected chi connectivity index (χ4v) is 3.11. The molecule has 124 valence electrons. The number of piperidine rings is 1. The van der Waals surface area contributed by atoms with Gasteiger partial charge in [0, 0.05) is 19.1 Å². The maximum absolute atomic E-state index is 13.0. The van der Waals surface area contributed by atoms with Crippen molar-refractivity contribution in [3.05, 3.63) is 59.8 Å². The van der Waals surface area contributed by atoms with E-state index in [0.717, 1.165) is 43.8 Å². The molecule has 0 amide bonds. The molecule has 0 radical (unpaired) electrons. The van der Waals surface area contributed by atoms with Gasteiger partial charge < -0.3 is 14.8 Å². The maximum atomic E-state index is 13.0. The highest BCUT2D eigenvalue weighted by molar-refractivity contribution is 5.20. The lowest BCUT2D eigenvalue weighted by Gasteiger charge is -2.34. The van der Waals surface area contributed by atoms with Crippen LogP contribution in [0.1, 0.15) is 30.2 Å². The van der Waals surface area contributed by atoms with Gasteiger partial charge in [-0.05, 0) is 42.7 Å². The highest BCUT2D eigenvalue weighted by atomic mass is 19.1. The molecule has 3 rings (SSSR count). The minimum atomic E-state index is -0.253. The van der Waals surface area contributed by atoms with E-state index >= 15 is 0 Å². The van der Waals surface area contributed by atoms with Gasteiger partial charge in [-0.3, -0.25) is 4.90 Å². The summed E-state index contributed by atoms with van der Waals surface area (Å²) in [6.07, 6.45) is 3.76. The Morgan fingerprint density at radius 1 is 1.22 bits per heavy atom. The fraction of sp³-hybridized carbons (Fsp3) is 0.444. The lowest BCUT2D eigenvalue weighted by Crippen LogP contribution is -2.44. The van der Waals surface area contributed by atoms with Gasteiger partial charge in [0.1, 0.15) is 11.6 Å². The van der Waals surface area contributed by atoms with Gasteiger partial charge in [0.25, 0.3) is 0 Å². The molecule has 0 bridgehead atoms. The third kappa shape index (κ3) is 4.41. The molecule has 0 unspecified atom stereocenters. The minimum Gasteiger partial charge on any atom is -0.468 e. The van der Waals surface area contributed by atoms with Gasteiger partial charge in [-0.2, -0.15) is 0 Å². The summed E-state index contributed by atoms with van der Waals surface area (Å²) in [7, 11) is 0. The zero-order valence-corrected chi connectivity index (χ0v) is 13.1. The molecule has 2 heterocycles. The van der Waals surface area contributed by atoms with Crippen molar-refractivity contribution < 1.29 is 13.9 Å². The van der Waals surface area contributed by atoms with Crippen molar-refractivity contribution in [1.82, 2.24) is 10.2 Å². The Morgan fingerprint density at radius 3 is 2.57 bits per heavy atom. The molecule has 23 heavy (non-hydrogen) atoms. The third-order valence-corrected chi connectivity index (χ3v) is 4.44. The van der Waals surface area contributed by atoms with Crippen LogP contribution in [0.3, 0.4) is 0 Å². The van der Waals surface area contributed by atoms with E-state index in [0.29, 0.717) is 6.04 Å². The van der Waals surface area contributed by atoms with E-state index in [1.54, 1.807) is 18.4 Å². The first-order valence-corrected chi connectivity index (χ1v) is 8.11. The molecule has 2 aromatic rings. The Morgan fingerprint density at radius 2 is 1.96 bits per heavy atom. The summed E-state index contributed by atoms with van der Waals surface area (Å²) < 4.78 is 18.4. The van der Waals surface area contributed by atoms with Gasteiger partial charge in [-0.1, -0.05) is 12.1 Å². The average molecular weight is 318 g/mol. The summed E-state index contributed by atoms with van der Waals surface area (Å²) in [4.78, 5) is 2.38. The zero-order chi connectivity index (χ0) is 16.1. The monoisotopic (exact) mass is 318 g/mol. The number of nitrogens with zero attached hydrogens (tertiary/aromatic N) is 1. The number of likely N-dealkylation sites (tertiary alicyclic amines) is 1. The van der Waals surface area contributed by atoms with Crippen molar-refractivity contribution >= 4 is 0 Å². The highest BCUT2D eigenvalue weighted by Gasteiger charge is 2.22. The second-order valence-corrected chi connectivity index (χ2v) is 6.08. The van der Waals surface area contributed by atoms with Crippen molar-refractivity contribution in [3.8, 4) is 0 Å². The second kappa shape index (κ2) is 7.73. The molecule has 2 N–H and O–H groups in total. The van der Waals surface area contributed by atoms with Crippen LogP contribution in [0.4, 0.5) is 4.39 Å². The molecule has 1 saturated heterocycles. The Balaban J connectivity index is 1.50. The number of halogens is 1. The number of rotatable bonds is 6. The summed E-state index contributed by atoms with van der Waals surface area (Å²) in [6, 6.07) is 10.5. The van der Waals surface area contributed by atoms with E-state index in [1.807, 2.05) is 12.1 Å². The molecule has 1 aliphatic heterocycles. The predicted molar refractivity (Wildman–Crippen MR) is 86.4 cm³/mol. The first-order chi connectivity index (χ1) is 11.2. The number of furan rings is 1. The summed E-state index contributed by atoms with van der Waals surface area (Å²) in [5, 5.41) is 13.1. The van der Waals surface area contributed by atoms with Gasteiger partial charge >= 0.3 is 0 Å². The van der Waals surface area contributed by atoms with Gasteiger partial charge in [-0.15, -0.1) is 0 Å².